The van der Waals surface area contributed by atoms with E-state index in [1.165, 1.54) is 4.31 Å². The number of likely N-dealkylation sites (N-methyl/N-ethyl adjacent to an activating group) is 1. The van der Waals surface area contributed by atoms with Crippen LogP contribution in [0.15, 0.2) is 24.3 Å². The third kappa shape index (κ3) is 3.71. The van der Waals surface area contributed by atoms with E-state index in [0.717, 1.165) is 19.4 Å². The van der Waals surface area contributed by atoms with Gasteiger partial charge in [0.05, 0.1) is 11.9 Å². The van der Waals surface area contributed by atoms with E-state index in [0.29, 0.717) is 24.3 Å². The highest BCUT2D eigenvalue weighted by Gasteiger charge is 2.26. The van der Waals surface area contributed by atoms with Crippen LogP contribution in [0.25, 0.3) is 0 Å². The Kier molecular flexibility index (Phi) is 5.01. The molecule has 1 aromatic carbocycles. The summed E-state index contributed by atoms with van der Waals surface area (Å²) in [5, 5.41) is 0. The summed E-state index contributed by atoms with van der Waals surface area (Å²) in [5.41, 5.74) is 6.99. The van der Waals surface area contributed by atoms with Crippen molar-refractivity contribution in [1.82, 2.24) is 4.31 Å². The van der Waals surface area contributed by atoms with Crippen molar-refractivity contribution in [2.75, 3.05) is 25.4 Å². The molecule has 0 aromatic heterocycles. The highest BCUT2D eigenvalue weighted by atomic mass is 32.2. The van der Waals surface area contributed by atoms with Gasteiger partial charge in [-0.1, -0.05) is 25.1 Å². The van der Waals surface area contributed by atoms with Gasteiger partial charge < -0.3 is 10.5 Å². The molecule has 112 valence electrons. The minimum Gasteiger partial charge on any atom is -0.398 e. The lowest BCUT2D eigenvalue weighted by Crippen LogP contribution is -2.38. The minimum absolute atomic E-state index is 0.0258. The summed E-state index contributed by atoms with van der Waals surface area (Å²) < 4.78 is 32.0. The first-order valence-corrected chi connectivity index (χ1v) is 8.56. The van der Waals surface area contributed by atoms with Gasteiger partial charge in [-0.3, -0.25) is 0 Å². The van der Waals surface area contributed by atoms with E-state index in [1.807, 2.05) is 6.92 Å². The second kappa shape index (κ2) is 6.56. The second-order valence-corrected chi connectivity index (χ2v) is 7.01. The molecule has 0 saturated carbocycles. The number of rotatable bonds is 6. The molecule has 1 unspecified atom stereocenters. The number of hydrogen-bond acceptors (Lipinski definition) is 4. The van der Waals surface area contributed by atoms with Gasteiger partial charge in [0, 0.05) is 25.4 Å². The number of hydrogen-bond donors (Lipinski definition) is 1. The van der Waals surface area contributed by atoms with Gasteiger partial charge in [-0.25, -0.2) is 8.42 Å². The molecular formula is C14H22N2O3S. The fraction of sp³-hybridized carbons (Fsp3) is 0.571. The van der Waals surface area contributed by atoms with Gasteiger partial charge in [0.25, 0.3) is 0 Å². The second-order valence-electron chi connectivity index (χ2n) is 5.04. The number of nitrogen functional groups attached to an aromatic ring is 1. The summed E-state index contributed by atoms with van der Waals surface area (Å²) in [6.45, 7) is 3.47. The standard InChI is InChI=1S/C14H22N2O3S/c1-2-16(10-13-7-5-9-19-13)20(17,18)11-12-6-3-4-8-14(12)15/h3-4,6,8,13H,2,5,7,9-11,15H2,1H3. The van der Waals surface area contributed by atoms with Gasteiger partial charge in [0.15, 0.2) is 0 Å². The monoisotopic (exact) mass is 298 g/mol. The Morgan fingerprint density at radius 1 is 1.40 bits per heavy atom. The van der Waals surface area contributed by atoms with E-state index in [1.54, 1.807) is 24.3 Å². The van der Waals surface area contributed by atoms with Crippen molar-refractivity contribution in [1.29, 1.82) is 0 Å². The third-order valence-corrected chi connectivity index (χ3v) is 5.44. The molecule has 1 atom stereocenters. The molecular weight excluding hydrogens is 276 g/mol. The van der Waals surface area contributed by atoms with Crippen LogP contribution in [0.1, 0.15) is 25.3 Å². The summed E-state index contributed by atoms with van der Waals surface area (Å²) in [5.74, 6) is -0.0553. The average Bonchev–Trinajstić information content (AvgIpc) is 2.91. The van der Waals surface area contributed by atoms with Crippen LogP contribution in [0.4, 0.5) is 5.69 Å². The summed E-state index contributed by atoms with van der Waals surface area (Å²) in [6.07, 6.45) is 1.96. The van der Waals surface area contributed by atoms with Crippen molar-refractivity contribution >= 4 is 15.7 Å². The zero-order valence-electron chi connectivity index (χ0n) is 11.8. The average molecular weight is 298 g/mol. The fourth-order valence-electron chi connectivity index (χ4n) is 2.41. The van der Waals surface area contributed by atoms with Crippen LogP contribution in [-0.4, -0.2) is 38.5 Å². The minimum atomic E-state index is -3.36. The topological polar surface area (TPSA) is 72.6 Å². The van der Waals surface area contributed by atoms with Crippen LogP contribution in [0.2, 0.25) is 0 Å². The molecule has 1 saturated heterocycles. The number of anilines is 1. The van der Waals surface area contributed by atoms with E-state index in [-0.39, 0.29) is 11.9 Å². The van der Waals surface area contributed by atoms with Crippen molar-refractivity contribution in [3.8, 4) is 0 Å². The smallest absolute Gasteiger partial charge is 0.218 e. The number of sulfonamides is 1. The molecule has 1 fully saturated rings. The molecule has 0 bridgehead atoms. The predicted molar refractivity (Wildman–Crippen MR) is 79.7 cm³/mol. The van der Waals surface area contributed by atoms with E-state index in [2.05, 4.69) is 0 Å². The van der Waals surface area contributed by atoms with Gasteiger partial charge >= 0.3 is 0 Å². The molecule has 0 spiro atoms. The highest BCUT2D eigenvalue weighted by Crippen LogP contribution is 2.19. The number of nitrogens with two attached hydrogens (primary N) is 1. The third-order valence-electron chi connectivity index (χ3n) is 3.57. The molecule has 2 rings (SSSR count). The molecule has 1 aliphatic heterocycles. The van der Waals surface area contributed by atoms with Crippen LogP contribution in [0.3, 0.4) is 0 Å². The molecule has 1 heterocycles. The van der Waals surface area contributed by atoms with Crippen LogP contribution in [0, 0.1) is 0 Å². The Balaban J connectivity index is 2.08. The quantitative estimate of drug-likeness (QED) is 0.810. The van der Waals surface area contributed by atoms with Crippen LogP contribution >= 0.6 is 0 Å². The lowest BCUT2D eigenvalue weighted by Gasteiger charge is -2.23. The molecule has 0 radical (unpaired) electrons. The maximum absolute atomic E-state index is 12.5. The molecule has 1 aliphatic rings. The first-order chi connectivity index (χ1) is 9.53. The van der Waals surface area contributed by atoms with Gasteiger partial charge in [0.1, 0.15) is 0 Å². The zero-order chi connectivity index (χ0) is 14.6. The van der Waals surface area contributed by atoms with Gasteiger partial charge in [-0.2, -0.15) is 4.31 Å². The molecule has 0 aliphatic carbocycles. The van der Waals surface area contributed by atoms with E-state index in [4.69, 9.17) is 10.5 Å². The van der Waals surface area contributed by atoms with E-state index >= 15 is 0 Å². The van der Waals surface area contributed by atoms with Gasteiger partial charge in [-0.15, -0.1) is 0 Å². The Hall–Kier alpha value is -1.11. The maximum atomic E-state index is 12.5. The number of benzene rings is 1. The Morgan fingerprint density at radius 3 is 2.75 bits per heavy atom. The van der Waals surface area contributed by atoms with Gasteiger partial charge in [0.2, 0.25) is 10.0 Å². The molecule has 2 N–H and O–H groups in total. The van der Waals surface area contributed by atoms with Crippen molar-refractivity contribution in [2.24, 2.45) is 0 Å². The Bertz CT molecular complexity index is 539. The lowest BCUT2D eigenvalue weighted by molar-refractivity contribution is 0.0946. The molecule has 5 nitrogen and oxygen atoms in total. The Labute approximate surface area is 120 Å². The predicted octanol–water partition coefficient (Wildman–Crippen LogP) is 1.60. The first kappa shape index (κ1) is 15.3. The van der Waals surface area contributed by atoms with E-state index in [9.17, 15) is 8.42 Å². The molecule has 0 amide bonds. The maximum Gasteiger partial charge on any atom is 0.218 e. The van der Waals surface area contributed by atoms with Gasteiger partial charge in [-0.05, 0) is 24.5 Å². The van der Waals surface area contributed by atoms with E-state index < -0.39 is 10.0 Å². The molecule has 1 aromatic rings. The summed E-state index contributed by atoms with van der Waals surface area (Å²) in [7, 11) is -3.36. The number of ether oxygens (including phenoxy) is 1. The largest absolute Gasteiger partial charge is 0.398 e. The van der Waals surface area contributed by atoms with Crippen molar-refractivity contribution in [2.45, 2.75) is 31.6 Å². The molecule has 20 heavy (non-hydrogen) atoms. The first-order valence-electron chi connectivity index (χ1n) is 6.95. The normalized spacial score (nSPS) is 19.6. The summed E-state index contributed by atoms with van der Waals surface area (Å²) in [4.78, 5) is 0. The Morgan fingerprint density at radius 2 is 2.15 bits per heavy atom. The molecule has 6 heteroatoms. The van der Waals surface area contributed by atoms with Crippen LogP contribution in [0.5, 0.6) is 0 Å². The van der Waals surface area contributed by atoms with Crippen molar-refractivity contribution < 1.29 is 13.2 Å². The van der Waals surface area contributed by atoms with Crippen LogP contribution in [-0.2, 0) is 20.5 Å². The SMILES string of the molecule is CCN(CC1CCCO1)S(=O)(=O)Cc1ccccc1N. The summed E-state index contributed by atoms with van der Waals surface area (Å²) >= 11 is 0. The summed E-state index contributed by atoms with van der Waals surface area (Å²) in [6, 6.07) is 7.08. The zero-order valence-corrected chi connectivity index (χ0v) is 12.6. The fourth-order valence-corrected chi connectivity index (χ4v) is 4.03. The number of nitrogens with zero attached hydrogens (tertiary/aromatic N) is 1. The van der Waals surface area contributed by atoms with Crippen molar-refractivity contribution in [3.05, 3.63) is 29.8 Å². The number of para-hydroxylation sites is 1. The van der Waals surface area contributed by atoms with Crippen LogP contribution < -0.4 is 5.73 Å². The highest BCUT2D eigenvalue weighted by molar-refractivity contribution is 7.88. The lowest BCUT2D eigenvalue weighted by atomic mass is 10.2. The van der Waals surface area contributed by atoms with Crippen molar-refractivity contribution in [3.63, 3.8) is 0 Å².